The molecule has 3 heterocycles. The lowest BCUT2D eigenvalue weighted by molar-refractivity contribution is -0.142. The first-order chi connectivity index (χ1) is 16.8. The molecule has 1 aromatic carbocycles. The molecule has 0 atom stereocenters. The van der Waals surface area contributed by atoms with E-state index < -0.39 is 5.54 Å². The van der Waals surface area contributed by atoms with Gasteiger partial charge in [-0.15, -0.1) is 0 Å². The van der Waals surface area contributed by atoms with Crippen LogP contribution in [0.3, 0.4) is 0 Å². The van der Waals surface area contributed by atoms with Crippen molar-refractivity contribution in [3.8, 4) is 0 Å². The Labute approximate surface area is 203 Å². The van der Waals surface area contributed by atoms with Gasteiger partial charge in [0.2, 0.25) is 11.8 Å². The van der Waals surface area contributed by atoms with Crippen LogP contribution in [-0.2, 0) is 27.3 Å². The van der Waals surface area contributed by atoms with E-state index in [0.717, 1.165) is 24.1 Å². The van der Waals surface area contributed by atoms with Crippen LogP contribution in [0.5, 0.6) is 0 Å². The fourth-order valence-electron chi connectivity index (χ4n) is 5.72. The molecule has 3 aliphatic rings. The van der Waals surface area contributed by atoms with Crippen molar-refractivity contribution < 1.29 is 23.5 Å². The number of hydrogen-bond acceptors (Lipinski definition) is 4. The number of amides is 3. The summed E-state index contributed by atoms with van der Waals surface area (Å²) in [5.41, 5.74) is 3.15. The molecule has 3 amide bonds. The van der Waals surface area contributed by atoms with Crippen LogP contribution in [0.25, 0.3) is 0 Å². The van der Waals surface area contributed by atoms with Gasteiger partial charge in [0.25, 0.3) is 5.91 Å². The van der Waals surface area contributed by atoms with Crippen LogP contribution in [0.1, 0.15) is 58.6 Å². The van der Waals surface area contributed by atoms with Gasteiger partial charge in [-0.05, 0) is 56.0 Å². The average Bonchev–Trinajstić information content (AvgIpc) is 3.50. The SMILES string of the molecule is Cc1[nH]c(CN2C(=O)Cc3cc(F)ccc32)c(C)c1C(=O)NC1(C(=O)N2CCOCC2)CCCC1. The number of morpholine rings is 1. The first-order valence-electron chi connectivity index (χ1n) is 12.3. The molecule has 1 saturated heterocycles. The number of nitrogens with one attached hydrogen (secondary N) is 2. The molecule has 0 unspecified atom stereocenters. The van der Waals surface area contributed by atoms with Gasteiger partial charge in [-0.2, -0.15) is 0 Å². The maximum atomic E-state index is 13.6. The summed E-state index contributed by atoms with van der Waals surface area (Å²) in [5.74, 6) is -0.772. The zero-order valence-electron chi connectivity index (χ0n) is 20.2. The van der Waals surface area contributed by atoms with Crippen LogP contribution < -0.4 is 10.2 Å². The summed E-state index contributed by atoms with van der Waals surface area (Å²) in [7, 11) is 0. The van der Waals surface area contributed by atoms with Gasteiger partial charge >= 0.3 is 0 Å². The number of benzene rings is 1. The summed E-state index contributed by atoms with van der Waals surface area (Å²) in [4.78, 5) is 46.3. The molecular weight excluding hydrogens is 451 g/mol. The predicted molar refractivity (Wildman–Crippen MR) is 128 cm³/mol. The molecule has 1 aliphatic carbocycles. The maximum Gasteiger partial charge on any atom is 0.254 e. The summed E-state index contributed by atoms with van der Waals surface area (Å²) in [6, 6.07) is 4.36. The number of carbonyl (C=O) groups is 3. The molecule has 1 aromatic heterocycles. The number of rotatable bonds is 5. The number of carbonyl (C=O) groups excluding carboxylic acids is 3. The van der Waals surface area contributed by atoms with Gasteiger partial charge in [-0.3, -0.25) is 14.4 Å². The molecule has 5 rings (SSSR count). The molecule has 9 heteroatoms. The third-order valence-corrected chi connectivity index (χ3v) is 7.58. The molecule has 0 bridgehead atoms. The largest absolute Gasteiger partial charge is 0.378 e. The average molecular weight is 483 g/mol. The van der Waals surface area contributed by atoms with Crippen molar-refractivity contribution in [2.24, 2.45) is 0 Å². The van der Waals surface area contributed by atoms with Crippen molar-refractivity contribution in [1.82, 2.24) is 15.2 Å². The van der Waals surface area contributed by atoms with Gasteiger partial charge in [0.05, 0.1) is 31.7 Å². The van der Waals surface area contributed by atoms with Gasteiger partial charge in [0, 0.05) is 30.2 Å². The van der Waals surface area contributed by atoms with Crippen molar-refractivity contribution >= 4 is 23.4 Å². The second-order valence-electron chi connectivity index (χ2n) is 9.81. The Morgan fingerprint density at radius 1 is 1.17 bits per heavy atom. The number of aromatic nitrogens is 1. The quantitative estimate of drug-likeness (QED) is 0.685. The van der Waals surface area contributed by atoms with E-state index in [9.17, 15) is 18.8 Å². The van der Waals surface area contributed by atoms with E-state index in [-0.39, 0.29) is 36.5 Å². The smallest absolute Gasteiger partial charge is 0.254 e. The third kappa shape index (κ3) is 4.22. The van der Waals surface area contributed by atoms with E-state index in [1.807, 2.05) is 13.8 Å². The number of fused-ring (bicyclic) bond motifs is 1. The molecule has 0 spiro atoms. The first-order valence-corrected chi connectivity index (χ1v) is 12.3. The van der Waals surface area contributed by atoms with Crippen LogP contribution in [-0.4, -0.2) is 59.4 Å². The maximum absolute atomic E-state index is 13.6. The standard InChI is InChI=1S/C26H31FN4O4/c1-16-20(15-31-21-6-5-19(27)13-18(21)14-22(31)32)28-17(2)23(16)24(33)29-26(7-3-4-8-26)25(34)30-9-11-35-12-10-30/h5-6,13,28H,3-4,7-12,14-15H2,1-2H3,(H,29,33). The highest BCUT2D eigenvalue weighted by Crippen LogP contribution is 2.34. The van der Waals surface area contributed by atoms with Crippen LogP contribution >= 0.6 is 0 Å². The highest BCUT2D eigenvalue weighted by atomic mass is 19.1. The zero-order valence-corrected chi connectivity index (χ0v) is 20.2. The van der Waals surface area contributed by atoms with Crippen molar-refractivity contribution in [3.05, 3.63) is 52.1 Å². The number of anilines is 1. The first kappa shape index (κ1) is 23.5. The Bertz CT molecular complexity index is 1180. The minimum Gasteiger partial charge on any atom is -0.378 e. The zero-order chi connectivity index (χ0) is 24.7. The lowest BCUT2D eigenvalue weighted by Gasteiger charge is -2.37. The van der Waals surface area contributed by atoms with Crippen LogP contribution in [0.4, 0.5) is 10.1 Å². The van der Waals surface area contributed by atoms with E-state index >= 15 is 0 Å². The molecule has 8 nitrogen and oxygen atoms in total. The Kier molecular flexibility index (Phi) is 6.13. The topological polar surface area (TPSA) is 94.7 Å². The number of nitrogens with zero attached hydrogens (tertiary/aromatic N) is 2. The lowest BCUT2D eigenvalue weighted by atomic mass is 9.94. The number of H-pyrrole nitrogens is 1. The lowest BCUT2D eigenvalue weighted by Crippen LogP contribution is -2.60. The second-order valence-corrected chi connectivity index (χ2v) is 9.81. The minimum absolute atomic E-state index is 0.0239. The summed E-state index contributed by atoms with van der Waals surface area (Å²) in [5, 5.41) is 3.11. The summed E-state index contributed by atoms with van der Waals surface area (Å²) in [6.07, 6.45) is 3.19. The number of hydrogen-bond donors (Lipinski definition) is 2. The molecule has 35 heavy (non-hydrogen) atoms. The Hall–Kier alpha value is -3.20. The van der Waals surface area contributed by atoms with Gasteiger partial charge in [-0.25, -0.2) is 4.39 Å². The normalized spacial score (nSPS) is 19.2. The van der Waals surface area contributed by atoms with Gasteiger partial charge in [0.15, 0.2) is 0 Å². The molecule has 2 fully saturated rings. The highest BCUT2D eigenvalue weighted by Gasteiger charge is 2.45. The van der Waals surface area contributed by atoms with Crippen molar-refractivity contribution in [3.63, 3.8) is 0 Å². The predicted octanol–water partition coefficient (Wildman–Crippen LogP) is 2.76. The highest BCUT2D eigenvalue weighted by molar-refractivity contribution is 6.03. The summed E-state index contributed by atoms with van der Waals surface area (Å²) in [6.45, 7) is 6.04. The fraction of sp³-hybridized carbons (Fsp3) is 0.500. The number of halogens is 1. The number of aryl methyl sites for hydroxylation is 1. The van der Waals surface area contributed by atoms with E-state index in [1.165, 1.54) is 12.1 Å². The molecular formula is C26H31FN4O4. The molecule has 0 radical (unpaired) electrons. The van der Waals surface area contributed by atoms with Crippen LogP contribution in [0.15, 0.2) is 18.2 Å². The molecule has 2 aliphatic heterocycles. The van der Waals surface area contributed by atoms with Crippen LogP contribution in [0, 0.1) is 19.7 Å². The Morgan fingerprint density at radius 2 is 1.89 bits per heavy atom. The van der Waals surface area contributed by atoms with Gasteiger partial charge in [-0.1, -0.05) is 12.8 Å². The molecule has 2 N–H and O–H groups in total. The van der Waals surface area contributed by atoms with Crippen molar-refractivity contribution in [1.29, 1.82) is 0 Å². The van der Waals surface area contributed by atoms with E-state index in [2.05, 4.69) is 10.3 Å². The van der Waals surface area contributed by atoms with E-state index in [1.54, 1.807) is 15.9 Å². The Morgan fingerprint density at radius 3 is 2.60 bits per heavy atom. The Balaban J connectivity index is 1.37. The number of ether oxygens (including phenoxy) is 1. The van der Waals surface area contributed by atoms with Crippen molar-refractivity contribution in [2.75, 3.05) is 31.2 Å². The van der Waals surface area contributed by atoms with Gasteiger partial charge in [0.1, 0.15) is 11.4 Å². The molecule has 1 saturated carbocycles. The monoisotopic (exact) mass is 482 g/mol. The fourth-order valence-corrected chi connectivity index (χ4v) is 5.72. The minimum atomic E-state index is -0.890. The second kappa shape index (κ2) is 9.11. The summed E-state index contributed by atoms with van der Waals surface area (Å²) >= 11 is 0. The van der Waals surface area contributed by atoms with E-state index in [4.69, 9.17) is 4.74 Å². The summed E-state index contributed by atoms with van der Waals surface area (Å²) < 4.78 is 19.0. The van der Waals surface area contributed by atoms with Gasteiger partial charge < -0.3 is 24.8 Å². The molecule has 186 valence electrons. The number of aromatic amines is 1. The van der Waals surface area contributed by atoms with Crippen molar-refractivity contribution in [2.45, 2.75) is 58.0 Å². The van der Waals surface area contributed by atoms with Crippen LogP contribution in [0.2, 0.25) is 0 Å². The molecule has 2 aromatic rings. The van der Waals surface area contributed by atoms with E-state index in [0.29, 0.717) is 61.7 Å². The third-order valence-electron chi connectivity index (χ3n) is 7.58.